The van der Waals surface area contributed by atoms with Gasteiger partial charge < -0.3 is 14.6 Å². The maximum atomic E-state index is 12.0. The first-order valence-corrected chi connectivity index (χ1v) is 5.86. The molecule has 0 aliphatic carbocycles. The van der Waals surface area contributed by atoms with Crippen LogP contribution >= 0.6 is 0 Å². The molecule has 0 aliphatic heterocycles. The molecule has 1 aromatic heterocycles. The van der Waals surface area contributed by atoms with Gasteiger partial charge in [-0.1, -0.05) is 18.2 Å². The third-order valence-corrected chi connectivity index (χ3v) is 2.71. The van der Waals surface area contributed by atoms with Gasteiger partial charge in [0, 0.05) is 11.6 Å². The van der Waals surface area contributed by atoms with Gasteiger partial charge in [-0.05, 0) is 26.0 Å². The van der Waals surface area contributed by atoms with Crippen molar-refractivity contribution in [2.24, 2.45) is 0 Å². The maximum Gasteiger partial charge on any atom is 0.235 e. The summed E-state index contributed by atoms with van der Waals surface area (Å²) < 4.78 is 5.41. The molecule has 4 nitrogen and oxygen atoms in total. The third-order valence-electron chi connectivity index (χ3n) is 2.71. The molecule has 2 aromatic rings. The summed E-state index contributed by atoms with van der Waals surface area (Å²) >= 11 is 0. The van der Waals surface area contributed by atoms with Crippen LogP contribution in [0.3, 0.4) is 0 Å². The number of allylic oxidation sites excluding steroid dienone is 2. The number of phenols is 1. The van der Waals surface area contributed by atoms with E-state index in [0.29, 0.717) is 5.56 Å². The van der Waals surface area contributed by atoms with Crippen LogP contribution in [-0.4, -0.2) is 10.2 Å². The summed E-state index contributed by atoms with van der Waals surface area (Å²) in [5.74, 6) is -0.327. The number of benzene rings is 1. The lowest BCUT2D eigenvalue weighted by molar-refractivity contribution is 0.436. The van der Waals surface area contributed by atoms with Gasteiger partial charge >= 0.3 is 0 Å². The van der Waals surface area contributed by atoms with Gasteiger partial charge in [0.25, 0.3) is 0 Å². The third kappa shape index (κ3) is 2.25. The highest BCUT2D eigenvalue weighted by atomic mass is 16.4. The fourth-order valence-electron chi connectivity index (χ4n) is 1.83. The van der Waals surface area contributed by atoms with Crippen LogP contribution in [0.1, 0.15) is 25.2 Å². The van der Waals surface area contributed by atoms with Crippen LogP contribution in [0.5, 0.6) is 11.5 Å². The molecule has 2 N–H and O–H groups in total. The van der Waals surface area contributed by atoms with Gasteiger partial charge in [0.1, 0.15) is 11.3 Å². The zero-order valence-corrected chi connectivity index (χ0v) is 10.7. The van der Waals surface area contributed by atoms with E-state index in [1.54, 1.807) is 32.1 Å². The Labute approximate surface area is 109 Å². The van der Waals surface area contributed by atoms with Crippen LogP contribution < -0.4 is 5.43 Å². The molecule has 2 rings (SSSR count). The SMILES string of the molecule is CC=Cc1cc2c(=O)c(O)c(C=CC)oc2cc1O. The Morgan fingerprint density at radius 2 is 1.79 bits per heavy atom. The molecule has 1 aromatic carbocycles. The number of hydrogen-bond acceptors (Lipinski definition) is 4. The smallest absolute Gasteiger partial charge is 0.235 e. The highest BCUT2D eigenvalue weighted by Crippen LogP contribution is 2.28. The predicted molar refractivity (Wildman–Crippen MR) is 75.2 cm³/mol. The Balaban J connectivity index is 2.85. The first-order valence-electron chi connectivity index (χ1n) is 5.86. The Bertz CT molecular complexity index is 736. The summed E-state index contributed by atoms with van der Waals surface area (Å²) in [6.45, 7) is 3.55. The Morgan fingerprint density at radius 3 is 2.42 bits per heavy atom. The van der Waals surface area contributed by atoms with E-state index in [1.165, 1.54) is 18.2 Å². The minimum absolute atomic E-state index is 0.0193. The van der Waals surface area contributed by atoms with Crippen molar-refractivity contribution in [2.75, 3.05) is 0 Å². The van der Waals surface area contributed by atoms with Crippen LogP contribution in [0.2, 0.25) is 0 Å². The number of hydrogen-bond donors (Lipinski definition) is 2. The van der Waals surface area contributed by atoms with Crippen molar-refractivity contribution in [1.82, 2.24) is 0 Å². The van der Waals surface area contributed by atoms with E-state index in [2.05, 4.69) is 0 Å². The molecule has 0 atom stereocenters. The van der Waals surface area contributed by atoms with Crippen molar-refractivity contribution < 1.29 is 14.6 Å². The highest BCUT2D eigenvalue weighted by molar-refractivity contribution is 5.84. The summed E-state index contributed by atoms with van der Waals surface area (Å²) in [4.78, 5) is 12.0. The van der Waals surface area contributed by atoms with E-state index in [0.717, 1.165) is 0 Å². The second-order valence-corrected chi connectivity index (χ2v) is 4.05. The Kier molecular flexibility index (Phi) is 3.42. The van der Waals surface area contributed by atoms with Crippen molar-refractivity contribution in [3.05, 3.63) is 45.8 Å². The molecule has 0 aliphatic rings. The van der Waals surface area contributed by atoms with Crippen molar-refractivity contribution in [1.29, 1.82) is 0 Å². The summed E-state index contributed by atoms with van der Waals surface area (Å²) in [6, 6.07) is 2.87. The van der Waals surface area contributed by atoms with Crippen LogP contribution in [0.15, 0.2) is 33.5 Å². The zero-order chi connectivity index (χ0) is 14.0. The molecule has 4 heteroatoms. The zero-order valence-electron chi connectivity index (χ0n) is 10.7. The lowest BCUT2D eigenvalue weighted by Crippen LogP contribution is -2.02. The quantitative estimate of drug-likeness (QED) is 0.867. The second-order valence-electron chi connectivity index (χ2n) is 4.05. The summed E-state index contributed by atoms with van der Waals surface area (Å²) in [6.07, 6.45) is 6.56. The predicted octanol–water partition coefficient (Wildman–Crippen LogP) is 3.27. The van der Waals surface area contributed by atoms with E-state index >= 15 is 0 Å². The number of aromatic hydroxyl groups is 2. The molecule has 0 radical (unpaired) electrons. The molecule has 1 heterocycles. The van der Waals surface area contributed by atoms with Crippen LogP contribution in [-0.2, 0) is 0 Å². The van der Waals surface area contributed by atoms with E-state index in [9.17, 15) is 15.0 Å². The topological polar surface area (TPSA) is 70.7 Å². The lowest BCUT2D eigenvalue weighted by atomic mass is 10.1. The van der Waals surface area contributed by atoms with Gasteiger partial charge in [0.2, 0.25) is 11.2 Å². The fraction of sp³-hybridized carbons (Fsp3) is 0.133. The molecule has 0 fully saturated rings. The first-order chi connectivity index (χ1) is 9.08. The van der Waals surface area contributed by atoms with Crippen LogP contribution in [0, 0.1) is 0 Å². The minimum atomic E-state index is -0.514. The van der Waals surface area contributed by atoms with Crippen LogP contribution in [0.25, 0.3) is 23.1 Å². The van der Waals surface area contributed by atoms with Crippen molar-refractivity contribution >= 4 is 23.1 Å². The minimum Gasteiger partial charge on any atom is -0.507 e. The molecule has 0 unspecified atom stereocenters. The van der Waals surface area contributed by atoms with E-state index in [1.807, 2.05) is 0 Å². The molecule has 0 saturated heterocycles. The maximum absolute atomic E-state index is 12.0. The normalized spacial score (nSPS) is 11.9. The van der Waals surface area contributed by atoms with Gasteiger partial charge in [0.15, 0.2) is 5.76 Å². The van der Waals surface area contributed by atoms with Gasteiger partial charge in [-0.25, -0.2) is 0 Å². The lowest BCUT2D eigenvalue weighted by Gasteiger charge is -2.05. The van der Waals surface area contributed by atoms with E-state index in [4.69, 9.17) is 4.42 Å². The fourth-order valence-corrected chi connectivity index (χ4v) is 1.83. The van der Waals surface area contributed by atoms with E-state index < -0.39 is 11.2 Å². The first kappa shape index (κ1) is 13.0. The van der Waals surface area contributed by atoms with Crippen LogP contribution in [0.4, 0.5) is 0 Å². The standard InChI is InChI=1S/C15H14O4/c1-3-5-9-7-10-13(8-11(9)16)19-12(6-4-2)15(18)14(10)17/h3-8,16,18H,1-2H3. The molecular weight excluding hydrogens is 244 g/mol. The molecule has 0 amide bonds. The number of fused-ring (bicyclic) bond motifs is 1. The van der Waals surface area contributed by atoms with Gasteiger partial charge in [-0.15, -0.1) is 0 Å². The molecule has 0 saturated carbocycles. The monoisotopic (exact) mass is 258 g/mol. The van der Waals surface area contributed by atoms with Crippen molar-refractivity contribution in [3.8, 4) is 11.5 Å². The van der Waals surface area contributed by atoms with E-state index in [-0.39, 0.29) is 22.5 Å². The molecule has 19 heavy (non-hydrogen) atoms. The Hall–Kier alpha value is -2.49. The van der Waals surface area contributed by atoms with Gasteiger partial charge in [-0.3, -0.25) is 4.79 Å². The second kappa shape index (κ2) is 5.02. The number of rotatable bonds is 2. The average Bonchev–Trinajstić information content (AvgIpc) is 2.38. The van der Waals surface area contributed by atoms with Gasteiger partial charge in [-0.2, -0.15) is 0 Å². The average molecular weight is 258 g/mol. The molecule has 0 bridgehead atoms. The summed E-state index contributed by atoms with van der Waals surface area (Å²) in [7, 11) is 0. The summed E-state index contributed by atoms with van der Waals surface area (Å²) in [5, 5.41) is 19.8. The van der Waals surface area contributed by atoms with Crippen molar-refractivity contribution in [2.45, 2.75) is 13.8 Å². The van der Waals surface area contributed by atoms with Crippen molar-refractivity contribution in [3.63, 3.8) is 0 Å². The molecule has 0 spiro atoms. The molecule has 98 valence electrons. The summed E-state index contributed by atoms with van der Waals surface area (Å²) in [5.41, 5.74) is 0.224. The van der Waals surface area contributed by atoms with Gasteiger partial charge in [0.05, 0.1) is 5.39 Å². The highest BCUT2D eigenvalue weighted by Gasteiger charge is 2.13. The number of phenolic OH excluding ortho intramolecular Hbond substituents is 1. The largest absolute Gasteiger partial charge is 0.507 e. The molecular formula is C15H14O4. The Morgan fingerprint density at radius 1 is 1.11 bits per heavy atom.